The topological polar surface area (TPSA) is 60.1 Å². The molecular weight excluding hydrogens is 254 g/mol. The van der Waals surface area contributed by atoms with E-state index in [-0.39, 0.29) is 11.4 Å². The fourth-order valence-corrected chi connectivity index (χ4v) is 2.16. The van der Waals surface area contributed by atoms with Crippen LogP contribution < -0.4 is 5.32 Å². The van der Waals surface area contributed by atoms with E-state index in [0.717, 1.165) is 17.9 Å². The highest BCUT2D eigenvalue weighted by Gasteiger charge is 2.22. The lowest BCUT2D eigenvalue weighted by Crippen LogP contribution is -2.27. The molecule has 0 aliphatic rings. The van der Waals surface area contributed by atoms with E-state index < -0.39 is 0 Å². The Morgan fingerprint density at radius 2 is 2.20 bits per heavy atom. The van der Waals surface area contributed by atoms with Crippen molar-refractivity contribution < 1.29 is 9.21 Å². The van der Waals surface area contributed by atoms with Gasteiger partial charge in [0.1, 0.15) is 5.76 Å². The number of furan rings is 1. The predicted octanol–water partition coefficient (Wildman–Crippen LogP) is 2.72. The summed E-state index contributed by atoms with van der Waals surface area (Å²) in [5, 5.41) is 7.21. The van der Waals surface area contributed by atoms with Crippen molar-refractivity contribution >= 4 is 5.91 Å². The van der Waals surface area contributed by atoms with Gasteiger partial charge in [0.2, 0.25) is 0 Å². The summed E-state index contributed by atoms with van der Waals surface area (Å²) in [7, 11) is 0. The van der Waals surface area contributed by atoms with E-state index in [9.17, 15) is 4.79 Å². The van der Waals surface area contributed by atoms with Gasteiger partial charge in [-0.2, -0.15) is 5.10 Å². The first-order valence-electron chi connectivity index (χ1n) is 6.81. The largest absolute Gasteiger partial charge is 0.467 e. The molecule has 20 heavy (non-hydrogen) atoms. The molecule has 1 N–H and O–H groups in total. The highest BCUT2D eigenvalue weighted by molar-refractivity contribution is 5.95. The molecule has 2 aromatic rings. The van der Waals surface area contributed by atoms with Gasteiger partial charge in [0, 0.05) is 0 Å². The van der Waals surface area contributed by atoms with Gasteiger partial charge in [-0.05, 0) is 39.3 Å². The summed E-state index contributed by atoms with van der Waals surface area (Å²) in [6.07, 6.45) is 4.00. The molecule has 0 fully saturated rings. The molecular formula is C15H21N3O2. The van der Waals surface area contributed by atoms with Crippen LogP contribution in [0.15, 0.2) is 29.0 Å². The first kappa shape index (κ1) is 14.4. The number of hydrogen-bond acceptors (Lipinski definition) is 3. The third-order valence-electron chi connectivity index (χ3n) is 3.09. The van der Waals surface area contributed by atoms with Gasteiger partial charge < -0.3 is 9.73 Å². The highest BCUT2D eigenvalue weighted by Crippen LogP contribution is 2.19. The fraction of sp³-hybridized carbons (Fsp3) is 0.467. The maximum atomic E-state index is 12.3. The van der Waals surface area contributed by atoms with Crippen LogP contribution >= 0.6 is 0 Å². The van der Waals surface area contributed by atoms with Gasteiger partial charge in [-0.15, -0.1) is 0 Å². The van der Waals surface area contributed by atoms with Gasteiger partial charge in [-0.1, -0.05) is 6.92 Å². The third-order valence-corrected chi connectivity index (χ3v) is 3.09. The van der Waals surface area contributed by atoms with E-state index in [1.54, 1.807) is 18.5 Å². The minimum atomic E-state index is -0.134. The predicted molar refractivity (Wildman–Crippen MR) is 76.5 cm³/mol. The van der Waals surface area contributed by atoms with E-state index in [1.807, 2.05) is 17.7 Å². The van der Waals surface area contributed by atoms with Crippen LogP contribution in [0, 0.1) is 0 Å². The van der Waals surface area contributed by atoms with Crippen molar-refractivity contribution in [3.05, 3.63) is 41.6 Å². The maximum absolute atomic E-state index is 12.3. The molecule has 5 nitrogen and oxygen atoms in total. The van der Waals surface area contributed by atoms with Crippen LogP contribution in [0.5, 0.6) is 0 Å². The van der Waals surface area contributed by atoms with Crippen molar-refractivity contribution in [1.82, 2.24) is 15.1 Å². The average molecular weight is 275 g/mol. The molecule has 0 bridgehead atoms. The Labute approximate surface area is 119 Å². The van der Waals surface area contributed by atoms with Crippen molar-refractivity contribution in [3.63, 3.8) is 0 Å². The molecule has 0 aliphatic heterocycles. The molecule has 2 rings (SSSR count). The SMILES string of the molecule is CCc1c(C(=O)NCc2ccco2)cnn1C(C)(C)C. The molecule has 0 radical (unpaired) electrons. The van der Waals surface area contributed by atoms with E-state index in [0.29, 0.717) is 12.1 Å². The smallest absolute Gasteiger partial charge is 0.255 e. The number of aromatic nitrogens is 2. The van der Waals surface area contributed by atoms with E-state index in [1.165, 1.54) is 0 Å². The summed E-state index contributed by atoms with van der Waals surface area (Å²) in [4.78, 5) is 12.3. The van der Waals surface area contributed by atoms with Crippen LogP contribution in [0.25, 0.3) is 0 Å². The van der Waals surface area contributed by atoms with Crippen molar-refractivity contribution in [1.29, 1.82) is 0 Å². The summed E-state index contributed by atoms with van der Waals surface area (Å²) in [6, 6.07) is 3.64. The minimum Gasteiger partial charge on any atom is -0.467 e. The van der Waals surface area contributed by atoms with Crippen molar-refractivity contribution in [2.24, 2.45) is 0 Å². The minimum absolute atomic E-state index is 0.117. The first-order chi connectivity index (χ1) is 9.43. The molecule has 108 valence electrons. The zero-order valence-electron chi connectivity index (χ0n) is 12.4. The number of nitrogens with zero attached hydrogens (tertiary/aromatic N) is 2. The van der Waals surface area contributed by atoms with E-state index >= 15 is 0 Å². The molecule has 2 heterocycles. The zero-order valence-corrected chi connectivity index (χ0v) is 12.4. The Kier molecular flexibility index (Phi) is 3.97. The molecule has 0 unspecified atom stereocenters. The van der Waals surface area contributed by atoms with Gasteiger partial charge in [0.25, 0.3) is 5.91 Å². The third kappa shape index (κ3) is 2.92. The lowest BCUT2D eigenvalue weighted by Gasteiger charge is -2.22. The normalized spacial score (nSPS) is 11.6. The molecule has 2 aromatic heterocycles. The molecule has 0 saturated heterocycles. The number of nitrogens with one attached hydrogen (secondary N) is 1. The van der Waals surface area contributed by atoms with Crippen LogP contribution in [-0.2, 0) is 18.5 Å². The van der Waals surface area contributed by atoms with Gasteiger partial charge in [-0.3, -0.25) is 9.48 Å². The highest BCUT2D eigenvalue weighted by atomic mass is 16.3. The average Bonchev–Trinajstić information content (AvgIpc) is 3.03. The second-order valence-electron chi connectivity index (χ2n) is 5.70. The lowest BCUT2D eigenvalue weighted by molar-refractivity contribution is 0.0947. The maximum Gasteiger partial charge on any atom is 0.255 e. The van der Waals surface area contributed by atoms with Crippen LogP contribution in [0.3, 0.4) is 0 Å². The Hall–Kier alpha value is -2.04. The summed E-state index contributed by atoms with van der Waals surface area (Å²) in [6.45, 7) is 8.63. The molecule has 0 atom stereocenters. The molecule has 0 aromatic carbocycles. The van der Waals surface area contributed by atoms with E-state index in [4.69, 9.17) is 4.42 Å². The summed E-state index contributed by atoms with van der Waals surface area (Å²) in [5.41, 5.74) is 1.45. The molecule has 0 aliphatic carbocycles. The molecule has 0 spiro atoms. The van der Waals surface area contributed by atoms with Crippen molar-refractivity contribution in [2.45, 2.75) is 46.2 Å². The Morgan fingerprint density at radius 1 is 1.45 bits per heavy atom. The van der Waals surface area contributed by atoms with Crippen molar-refractivity contribution in [3.8, 4) is 0 Å². The van der Waals surface area contributed by atoms with Crippen LogP contribution in [-0.4, -0.2) is 15.7 Å². The standard InChI is InChI=1S/C15H21N3O2/c1-5-13-12(10-17-18(13)15(2,3)4)14(19)16-9-11-7-6-8-20-11/h6-8,10H,5,9H2,1-4H3,(H,16,19). The Morgan fingerprint density at radius 3 is 2.75 bits per heavy atom. The van der Waals surface area contributed by atoms with Gasteiger partial charge in [0.15, 0.2) is 0 Å². The first-order valence-corrected chi connectivity index (χ1v) is 6.81. The summed E-state index contributed by atoms with van der Waals surface area (Å²) in [5.74, 6) is 0.619. The molecule has 1 amide bonds. The zero-order chi connectivity index (χ0) is 14.8. The van der Waals surface area contributed by atoms with Gasteiger partial charge in [-0.25, -0.2) is 0 Å². The monoisotopic (exact) mass is 275 g/mol. The second-order valence-corrected chi connectivity index (χ2v) is 5.70. The molecule has 5 heteroatoms. The van der Waals surface area contributed by atoms with Crippen LogP contribution in [0.2, 0.25) is 0 Å². The lowest BCUT2D eigenvalue weighted by atomic mass is 10.1. The Balaban J connectivity index is 2.16. The van der Waals surface area contributed by atoms with Crippen LogP contribution in [0.4, 0.5) is 0 Å². The Bertz CT molecular complexity index is 577. The number of carbonyl (C=O) groups excluding carboxylic acids is 1. The number of hydrogen-bond donors (Lipinski definition) is 1. The number of carbonyl (C=O) groups is 1. The van der Waals surface area contributed by atoms with Gasteiger partial charge in [0.05, 0.1) is 35.8 Å². The quantitative estimate of drug-likeness (QED) is 0.933. The second kappa shape index (κ2) is 5.53. The summed E-state index contributed by atoms with van der Waals surface area (Å²) < 4.78 is 7.11. The number of amides is 1. The van der Waals surface area contributed by atoms with E-state index in [2.05, 4.69) is 31.2 Å². The fourth-order valence-electron chi connectivity index (χ4n) is 2.16. The van der Waals surface area contributed by atoms with Gasteiger partial charge >= 0.3 is 0 Å². The summed E-state index contributed by atoms with van der Waals surface area (Å²) >= 11 is 0. The number of rotatable bonds is 4. The molecule has 0 saturated carbocycles. The van der Waals surface area contributed by atoms with Crippen molar-refractivity contribution in [2.75, 3.05) is 0 Å². The van der Waals surface area contributed by atoms with Crippen LogP contribution in [0.1, 0.15) is 49.5 Å².